The van der Waals surface area contributed by atoms with Gasteiger partial charge in [0.05, 0.1) is 10.8 Å². The molecule has 0 aliphatic carbocycles. The molecule has 1 aliphatic heterocycles. The number of aryl methyl sites for hydroxylation is 1. The lowest BCUT2D eigenvalue weighted by atomic mass is 10.0. The summed E-state index contributed by atoms with van der Waals surface area (Å²) in [6.45, 7) is 5.51. The lowest BCUT2D eigenvalue weighted by Gasteiger charge is -2.31. The number of halogens is 1. The van der Waals surface area contributed by atoms with Gasteiger partial charge >= 0.3 is 0 Å². The summed E-state index contributed by atoms with van der Waals surface area (Å²) in [6.07, 6.45) is 0.702. The molecule has 1 aromatic heterocycles. The Kier molecular flexibility index (Phi) is 7.32. The first kappa shape index (κ1) is 23.7. The van der Waals surface area contributed by atoms with Gasteiger partial charge in [-0.2, -0.15) is 0 Å². The number of ether oxygens (including phenoxy) is 1. The quantitative estimate of drug-likeness (QED) is 0.485. The van der Waals surface area contributed by atoms with E-state index in [1.165, 1.54) is 11.8 Å². The fourth-order valence-electron chi connectivity index (χ4n) is 4.32. The monoisotopic (exact) mass is 485 g/mol. The van der Waals surface area contributed by atoms with Crippen molar-refractivity contribution in [2.24, 2.45) is 7.05 Å². The van der Waals surface area contributed by atoms with Gasteiger partial charge in [0.15, 0.2) is 0 Å². The van der Waals surface area contributed by atoms with Gasteiger partial charge in [0.2, 0.25) is 11.8 Å². The third-order valence-corrected chi connectivity index (χ3v) is 7.51. The van der Waals surface area contributed by atoms with E-state index in [0.717, 1.165) is 27.1 Å². The Balaban J connectivity index is 1.85. The van der Waals surface area contributed by atoms with Crippen LogP contribution in [0.1, 0.15) is 30.5 Å². The molecule has 4 rings (SSSR count). The highest BCUT2D eigenvalue weighted by atomic mass is 35.5. The van der Waals surface area contributed by atoms with Gasteiger partial charge in [-0.25, -0.2) is 0 Å². The molecular weight excluding hydrogens is 458 g/mol. The number of fused-ring (bicyclic) bond motifs is 3. The van der Waals surface area contributed by atoms with Crippen LogP contribution in [0.25, 0.3) is 10.9 Å². The van der Waals surface area contributed by atoms with Gasteiger partial charge in [-0.1, -0.05) is 47.6 Å². The first-order valence-electron chi connectivity index (χ1n) is 11.1. The summed E-state index contributed by atoms with van der Waals surface area (Å²) >= 11 is 7.89. The maximum absolute atomic E-state index is 13.7. The van der Waals surface area contributed by atoms with E-state index in [9.17, 15) is 9.59 Å². The predicted octanol–water partition coefficient (Wildman–Crippen LogP) is 4.86. The van der Waals surface area contributed by atoms with E-state index in [1.807, 2.05) is 57.3 Å². The number of amides is 2. The van der Waals surface area contributed by atoms with E-state index < -0.39 is 6.04 Å². The Labute approximate surface area is 203 Å². The van der Waals surface area contributed by atoms with Crippen molar-refractivity contribution in [3.63, 3.8) is 0 Å². The maximum atomic E-state index is 13.7. The SMILES string of the molecule is CCOCCCNC(=O)C1c2c(n(C)c3ccccc23)SCC(=O)N1c1cccc(Cl)c1C. The summed E-state index contributed by atoms with van der Waals surface area (Å²) in [5, 5.41) is 5.51. The summed E-state index contributed by atoms with van der Waals surface area (Å²) < 4.78 is 7.47. The van der Waals surface area contributed by atoms with E-state index in [4.69, 9.17) is 16.3 Å². The molecule has 2 heterocycles. The van der Waals surface area contributed by atoms with Crippen LogP contribution in [0.15, 0.2) is 47.5 Å². The minimum absolute atomic E-state index is 0.125. The Morgan fingerprint density at radius 2 is 2.03 bits per heavy atom. The number of carbonyl (C=O) groups is 2. The number of nitrogens with one attached hydrogen (secondary N) is 1. The van der Waals surface area contributed by atoms with Crippen LogP contribution in [0.3, 0.4) is 0 Å². The Morgan fingerprint density at radius 1 is 1.24 bits per heavy atom. The second-order valence-corrected chi connectivity index (χ2v) is 9.35. The predicted molar refractivity (Wildman–Crippen MR) is 134 cm³/mol. The van der Waals surface area contributed by atoms with Gasteiger partial charge in [-0.05, 0) is 44.0 Å². The second kappa shape index (κ2) is 10.2. The largest absolute Gasteiger partial charge is 0.382 e. The average molecular weight is 486 g/mol. The molecule has 8 heteroatoms. The van der Waals surface area contributed by atoms with E-state index >= 15 is 0 Å². The molecule has 1 unspecified atom stereocenters. The van der Waals surface area contributed by atoms with Crippen molar-refractivity contribution in [2.45, 2.75) is 31.3 Å². The summed E-state index contributed by atoms with van der Waals surface area (Å²) in [4.78, 5) is 28.8. The summed E-state index contributed by atoms with van der Waals surface area (Å²) in [6, 6.07) is 12.7. The molecule has 174 valence electrons. The molecule has 0 spiro atoms. The maximum Gasteiger partial charge on any atom is 0.247 e. The van der Waals surface area contributed by atoms with Gasteiger partial charge < -0.3 is 14.6 Å². The molecule has 0 saturated heterocycles. The van der Waals surface area contributed by atoms with Crippen molar-refractivity contribution in [3.05, 3.63) is 58.6 Å². The highest BCUT2D eigenvalue weighted by Crippen LogP contribution is 2.44. The van der Waals surface area contributed by atoms with Gasteiger partial charge in [0.1, 0.15) is 6.04 Å². The number of aromatic nitrogens is 1. The molecule has 2 amide bonds. The molecular formula is C25H28ClN3O3S. The van der Waals surface area contributed by atoms with Crippen molar-refractivity contribution in [1.29, 1.82) is 0 Å². The van der Waals surface area contributed by atoms with Gasteiger partial charge in [0, 0.05) is 54.0 Å². The van der Waals surface area contributed by atoms with Crippen molar-refractivity contribution < 1.29 is 14.3 Å². The molecule has 0 saturated carbocycles. The summed E-state index contributed by atoms with van der Waals surface area (Å²) in [5.74, 6) is -0.100. The van der Waals surface area contributed by atoms with E-state index in [-0.39, 0.29) is 17.6 Å². The highest BCUT2D eigenvalue weighted by Gasteiger charge is 2.40. The van der Waals surface area contributed by atoms with E-state index in [2.05, 4.69) is 9.88 Å². The smallest absolute Gasteiger partial charge is 0.247 e. The van der Waals surface area contributed by atoms with E-state index in [1.54, 1.807) is 11.0 Å². The number of hydrogen-bond donors (Lipinski definition) is 1. The minimum Gasteiger partial charge on any atom is -0.382 e. The second-order valence-electron chi connectivity index (χ2n) is 7.98. The number of hydrogen-bond acceptors (Lipinski definition) is 4. The number of rotatable bonds is 7. The van der Waals surface area contributed by atoms with Crippen molar-refractivity contribution >= 4 is 51.8 Å². The number of thioether (sulfide) groups is 1. The summed E-state index contributed by atoms with van der Waals surface area (Å²) in [5.41, 5.74) is 3.31. The van der Waals surface area contributed by atoms with Gasteiger partial charge in [-0.15, -0.1) is 0 Å². The van der Waals surface area contributed by atoms with Crippen LogP contribution in [-0.2, 0) is 21.4 Å². The first-order chi connectivity index (χ1) is 16.0. The zero-order valence-corrected chi connectivity index (χ0v) is 20.6. The van der Waals surface area contributed by atoms with Crippen LogP contribution in [0.2, 0.25) is 5.02 Å². The van der Waals surface area contributed by atoms with Gasteiger partial charge in [-0.3, -0.25) is 14.5 Å². The Morgan fingerprint density at radius 3 is 2.82 bits per heavy atom. The molecule has 6 nitrogen and oxygen atoms in total. The topological polar surface area (TPSA) is 63.6 Å². The molecule has 0 radical (unpaired) electrons. The molecule has 0 bridgehead atoms. The Bertz CT molecular complexity index is 1190. The third kappa shape index (κ3) is 4.50. The molecule has 33 heavy (non-hydrogen) atoms. The first-order valence-corrected chi connectivity index (χ1v) is 12.4. The van der Waals surface area contributed by atoms with Crippen LogP contribution in [0.5, 0.6) is 0 Å². The standard InChI is InChI=1S/C25H28ClN3O3S/c1-4-32-14-8-13-27-24(31)23-22-17-9-5-6-11-20(17)28(3)25(22)33-15-21(30)29(23)19-12-7-10-18(26)16(19)2/h5-7,9-12,23H,4,8,13-15H2,1-3H3,(H,27,31). The van der Waals surface area contributed by atoms with Crippen LogP contribution in [0.4, 0.5) is 5.69 Å². The minimum atomic E-state index is -0.808. The summed E-state index contributed by atoms with van der Waals surface area (Å²) in [7, 11) is 1.98. The molecule has 1 N–H and O–H groups in total. The lowest BCUT2D eigenvalue weighted by molar-refractivity contribution is -0.125. The lowest BCUT2D eigenvalue weighted by Crippen LogP contribution is -2.44. The fraction of sp³-hybridized carbons (Fsp3) is 0.360. The van der Waals surface area contributed by atoms with Crippen molar-refractivity contribution in [2.75, 3.05) is 30.4 Å². The molecule has 1 aliphatic rings. The normalized spacial score (nSPS) is 16.1. The number of anilines is 1. The Hall–Kier alpha value is -2.48. The number of benzene rings is 2. The van der Waals surface area contributed by atoms with E-state index in [0.29, 0.717) is 36.9 Å². The molecule has 0 fully saturated rings. The van der Waals surface area contributed by atoms with Crippen molar-refractivity contribution in [3.8, 4) is 0 Å². The van der Waals surface area contributed by atoms with Crippen LogP contribution >= 0.6 is 23.4 Å². The zero-order chi connectivity index (χ0) is 23.5. The molecule has 2 aromatic carbocycles. The average Bonchev–Trinajstić information content (AvgIpc) is 2.99. The molecule has 1 atom stereocenters. The van der Waals surface area contributed by atoms with Crippen LogP contribution in [-0.4, -0.2) is 41.9 Å². The molecule has 3 aromatic rings. The number of para-hydroxylation sites is 1. The zero-order valence-electron chi connectivity index (χ0n) is 19.1. The fourth-order valence-corrected chi connectivity index (χ4v) is 5.55. The van der Waals surface area contributed by atoms with Crippen molar-refractivity contribution in [1.82, 2.24) is 9.88 Å². The number of nitrogens with zero attached hydrogens (tertiary/aromatic N) is 2. The van der Waals surface area contributed by atoms with Crippen LogP contribution < -0.4 is 10.2 Å². The van der Waals surface area contributed by atoms with Crippen LogP contribution in [0, 0.1) is 6.92 Å². The highest BCUT2D eigenvalue weighted by molar-refractivity contribution is 8.00. The third-order valence-electron chi connectivity index (χ3n) is 5.94. The van der Waals surface area contributed by atoms with Gasteiger partial charge in [0.25, 0.3) is 0 Å². The number of carbonyl (C=O) groups excluding carboxylic acids is 2.